The highest BCUT2D eigenvalue weighted by Crippen LogP contribution is 2.34. The van der Waals surface area contributed by atoms with Gasteiger partial charge in [-0.1, -0.05) is 42.5 Å². The maximum absolute atomic E-state index is 13.7. The van der Waals surface area contributed by atoms with Crippen LogP contribution in [-0.4, -0.2) is 0 Å². The topological polar surface area (TPSA) is 12.0 Å². The molecule has 1 aliphatic carbocycles. The van der Waals surface area contributed by atoms with Crippen molar-refractivity contribution in [2.75, 3.05) is 0 Å². The van der Waals surface area contributed by atoms with Crippen LogP contribution >= 0.6 is 0 Å². The van der Waals surface area contributed by atoms with Crippen molar-refractivity contribution in [3.05, 3.63) is 71.0 Å². The summed E-state index contributed by atoms with van der Waals surface area (Å²) in [5, 5.41) is 3.61. The number of halogens is 1. The lowest BCUT2D eigenvalue weighted by atomic mass is 10.0. The smallest absolute Gasteiger partial charge is 0.126 e. The van der Waals surface area contributed by atoms with Crippen molar-refractivity contribution in [1.82, 2.24) is 5.32 Å². The monoisotopic (exact) mass is 255 g/mol. The Morgan fingerprint density at radius 1 is 1.11 bits per heavy atom. The minimum Gasteiger partial charge on any atom is -0.303 e. The van der Waals surface area contributed by atoms with Gasteiger partial charge in [0.05, 0.1) is 0 Å². The molecular weight excluding hydrogens is 237 g/mol. The predicted molar refractivity (Wildman–Crippen MR) is 75.5 cm³/mol. The molecule has 0 amide bonds. The minimum atomic E-state index is -0.0610. The van der Waals surface area contributed by atoms with E-state index in [0.717, 1.165) is 24.0 Å². The lowest BCUT2D eigenvalue weighted by molar-refractivity contribution is 0.465. The first-order valence-electron chi connectivity index (χ1n) is 6.84. The largest absolute Gasteiger partial charge is 0.303 e. The molecule has 0 spiro atoms. The van der Waals surface area contributed by atoms with Crippen molar-refractivity contribution in [2.45, 2.75) is 31.8 Å². The minimum absolute atomic E-state index is 0.0610. The van der Waals surface area contributed by atoms with Gasteiger partial charge in [0.1, 0.15) is 5.82 Å². The fraction of sp³-hybridized carbons (Fsp3) is 0.294. The van der Waals surface area contributed by atoms with Crippen LogP contribution < -0.4 is 5.32 Å². The van der Waals surface area contributed by atoms with E-state index in [2.05, 4.69) is 36.5 Å². The molecule has 0 bridgehead atoms. The Hall–Kier alpha value is -1.67. The molecule has 1 unspecified atom stereocenters. The number of benzene rings is 2. The molecule has 2 aromatic rings. The zero-order valence-electron chi connectivity index (χ0n) is 11.1. The summed E-state index contributed by atoms with van der Waals surface area (Å²) in [6, 6.07) is 16.3. The van der Waals surface area contributed by atoms with Gasteiger partial charge in [0.25, 0.3) is 0 Å². The summed E-state index contributed by atoms with van der Waals surface area (Å²) < 4.78 is 13.7. The van der Waals surface area contributed by atoms with Crippen molar-refractivity contribution >= 4 is 0 Å². The van der Waals surface area contributed by atoms with Gasteiger partial charge in [-0.15, -0.1) is 0 Å². The molecule has 98 valence electrons. The molecule has 3 rings (SSSR count). The van der Waals surface area contributed by atoms with E-state index in [0.29, 0.717) is 0 Å². The molecule has 1 nitrogen and oxygen atoms in total. The van der Waals surface area contributed by atoms with Crippen molar-refractivity contribution < 1.29 is 4.39 Å². The number of rotatable bonds is 3. The van der Waals surface area contributed by atoms with Crippen LogP contribution in [0.15, 0.2) is 48.5 Å². The third kappa shape index (κ3) is 2.41. The maximum Gasteiger partial charge on any atom is 0.126 e. The van der Waals surface area contributed by atoms with Gasteiger partial charge in [0, 0.05) is 12.1 Å². The van der Waals surface area contributed by atoms with Gasteiger partial charge < -0.3 is 5.32 Å². The Balaban J connectivity index is 1.78. The Labute approximate surface area is 113 Å². The average molecular weight is 255 g/mol. The van der Waals surface area contributed by atoms with Crippen LogP contribution in [0.1, 0.15) is 42.1 Å². The standard InChI is InChI=1S/C17H18FN/c1-12(13-6-3-2-4-7-13)19-17-11-10-14-15(17)8-5-9-16(14)18/h2-9,12,17,19H,10-11H2,1H3/t12-,17?/m1/s1. The van der Waals surface area contributed by atoms with E-state index in [1.165, 1.54) is 5.56 Å². The summed E-state index contributed by atoms with van der Waals surface area (Å²) in [6.45, 7) is 2.16. The highest BCUT2D eigenvalue weighted by Gasteiger charge is 2.25. The average Bonchev–Trinajstić information content (AvgIpc) is 2.84. The van der Waals surface area contributed by atoms with E-state index in [9.17, 15) is 4.39 Å². The van der Waals surface area contributed by atoms with Crippen LogP contribution in [0.4, 0.5) is 4.39 Å². The first kappa shape index (κ1) is 12.4. The molecule has 0 radical (unpaired) electrons. The molecule has 0 heterocycles. The van der Waals surface area contributed by atoms with E-state index in [-0.39, 0.29) is 17.9 Å². The van der Waals surface area contributed by atoms with Gasteiger partial charge in [-0.3, -0.25) is 0 Å². The zero-order chi connectivity index (χ0) is 13.2. The summed E-state index contributed by atoms with van der Waals surface area (Å²) >= 11 is 0. The maximum atomic E-state index is 13.7. The van der Waals surface area contributed by atoms with Crippen LogP contribution in [0, 0.1) is 5.82 Å². The number of hydrogen-bond acceptors (Lipinski definition) is 1. The second kappa shape index (κ2) is 5.14. The first-order chi connectivity index (χ1) is 9.25. The highest BCUT2D eigenvalue weighted by atomic mass is 19.1. The van der Waals surface area contributed by atoms with Gasteiger partial charge >= 0.3 is 0 Å². The molecule has 0 fully saturated rings. The Morgan fingerprint density at radius 3 is 2.68 bits per heavy atom. The van der Waals surface area contributed by atoms with Crippen LogP contribution in [-0.2, 0) is 6.42 Å². The predicted octanol–water partition coefficient (Wildman–Crippen LogP) is 4.16. The second-order valence-electron chi connectivity index (χ2n) is 5.20. The molecule has 2 atom stereocenters. The molecule has 0 saturated heterocycles. The van der Waals surface area contributed by atoms with E-state index in [4.69, 9.17) is 0 Å². The van der Waals surface area contributed by atoms with Gasteiger partial charge in [-0.2, -0.15) is 0 Å². The van der Waals surface area contributed by atoms with E-state index >= 15 is 0 Å². The van der Waals surface area contributed by atoms with Crippen molar-refractivity contribution in [3.8, 4) is 0 Å². The number of hydrogen-bond donors (Lipinski definition) is 1. The summed E-state index contributed by atoms with van der Waals surface area (Å²) in [6.07, 6.45) is 1.81. The molecule has 1 aliphatic rings. The van der Waals surface area contributed by atoms with Gasteiger partial charge in [-0.25, -0.2) is 4.39 Å². The van der Waals surface area contributed by atoms with Crippen LogP contribution in [0.25, 0.3) is 0 Å². The van der Waals surface area contributed by atoms with Gasteiger partial charge in [-0.05, 0) is 42.5 Å². The quantitative estimate of drug-likeness (QED) is 0.868. The molecule has 19 heavy (non-hydrogen) atoms. The van der Waals surface area contributed by atoms with Crippen molar-refractivity contribution in [1.29, 1.82) is 0 Å². The summed E-state index contributed by atoms with van der Waals surface area (Å²) in [4.78, 5) is 0. The Bertz CT molecular complexity index is 565. The third-order valence-electron chi connectivity index (χ3n) is 3.96. The molecule has 2 heteroatoms. The summed E-state index contributed by atoms with van der Waals surface area (Å²) in [5.74, 6) is -0.0610. The second-order valence-corrected chi connectivity index (χ2v) is 5.20. The summed E-state index contributed by atoms with van der Waals surface area (Å²) in [5.41, 5.74) is 3.29. The lowest BCUT2D eigenvalue weighted by Crippen LogP contribution is -2.22. The van der Waals surface area contributed by atoms with Crippen LogP contribution in [0.3, 0.4) is 0 Å². The molecule has 2 aromatic carbocycles. The Morgan fingerprint density at radius 2 is 1.89 bits per heavy atom. The number of fused-ring (bicyclic) bond motifs is 1. The van der Waals surface area contributed by atoms with E-state index < -0.39 is 0 Å². The number of nitrogens with one attached hydrogen (secondary N) is 1. The zero-order valence-corrected chi connectivity index (χ0v) is 11.1. The molecular formula is C17H18FN. The normalized spacial score (nSPS) is 19.2. The molecule has 0 aliphatic heterocycles. The Kier molecular flexibility index (Phi) is 3.34. The van der Waals surface area contributed by atoms with Crippen molar-refractivity contribution in [2.24, 2.45) is 0 Å². The van der Waals surface area contributed by atoms with Crippen LogP contribution in [0.2, 0.25) is 0 Å². The molecule has 0 aromatic heterocycles. The van der Waals surface area contributed by atoms with E-state index in [1.807, 2.05) is 12.1 Å². The highest BCUT2D eigenvalue weighted by molar-refractivity contribution is 5.36. The van der Waals surface area contributed by atoms with Crippen molar-refractivity contribution in [3.63, 3.8) is 0 Å². The van der Waals surface area contributed by atoms with E-state index in [1.54, 1.807) is 12.1 Å². The van der Waals surface area contributed by atoms with Crippen LogP contribution in [0.5, 0.6) is 0 Å². The molecule has 1 N–H and O–H groups in total. The van der Waals surface area contributed by atoms with Gasteiger partial charge in [0.15, 0.2) is 0 Å². The first-order valence-corrected chi connectivity index (χ1v) is 6.84. The third-order valence-corrected chi connectivity index (χ3v) is 3.96. The fourth-order valence-corrected chi connectivity index (χ4v) is 2.92. The SMILES string of the molecule is C[C@@H](NC1CCc2c(F)cccc21)c1ccccc1. The van der Waals surface area contributed by atoms with Gasteiger partial charge in [0.2, 0.25) is 0 Å². The lowest BCUT2D eigenvalue weighted by Gasteiger charge is -2.20. The fourth-order valence-electron chi connectivity index (χ4n) is 2.92. The summed E-state index contributed by atoms with van der Waals surface area (Å²) in [7, 11) is 0. The molecule has 0 saturated carbocycles.